The van der Waals surface area contributed by atoms with Crippen LogP contribution in [0.5, 0.6) is 0 Å². The minimum Gasteiger partial charge on any atom is -0.356 e. The fourth-order valence-electron chi connectivity index (χ4n) is 3.50. The van der Waals surface area contributed by atoms with Gasteiger partial charge in [0.25, 0.3) is 0 Å². The van der Waals surface area contributed by atoms with Gasteiger partial charge in [0.05, 0.1) is 0 Å². The molecule has 2 heteroatoms. The van der Waals surface area contributed by atoms with Crippen molar-refractivity contribution in [2.75, 3.05) is 6.54 Å². The predicted octanol–water partition coefficient (Wildman–Crippen LogP) is 3.71. The third kappa shape index (κ3) is 2.78. The summed E-state index contributed by atoms with van der Waals surface area (Å²) in [4.78, 5) is 12.3. The zero-order chi connectivity index (χ0) is 14.9. The van der Waals surface area contributed by atoms with Gasteiger partial charge in [-0.2, -0.15) is 0 Å². The lowest BCUT2D eigenvalue weighted by Gasteiger charge is -2.05. The average molecular weight is 291 g/mol. The molecule has 0 saturated heterocycles. The second-order valence-corrected chi connectivity index (χ2v) is 6.62. The van der Waals surface area contributed by atoms with Crippen molar-refractivity contribution in [3.05, 3.63) is 71.8 Å². The molecular weight excluding hydrogens is 270 g/mol. The monoisotopic (exact) mass is 291 g/mol. The van der Waals surface area contributed by atoms with Crippen molar-refractivity contribution < 1.29 is 4.79 Å². The van der Waals surface area contributed by atoms with Gasteiger partial charge in [0.1, 0.15) is 0 Å². The quantitative estimate of drug-likeness (QED) is 0.894. The summed E-state index contributed by atoms with van der Waals surface area (Å²) >= 11 is 0. The highest BCUT2D eigenvalue weighted by molar-refractivity contribution is 5.82. The van der Waals surface area contributed by atoms with Crippen LogP contribution >= 0.6 is 0 Å². The maximum Gasteiger partial charge on any atom is 0.223 e. The van der Waals surface area contributed by atoms with Crippen molar-refractivity contribution in [2.24, 2.45) is 11.8 Å². The molecule has 0 aromatic heterocycles. The van der Waals surface area contributed by atoms with Crippen LogP contribution in [0.4, 0.5) is 0 Å². The van der Waals surface area contributed by atoms with Crippen LogP contribution in [-0.4, -0.2) is 12.5 Å². The first kappa shape index (κ1) is 13.6. The Kier molecular flexibility index (Phi) is 3.45. The third-order valence-electron chi connectivity index (χ3n) is 5.04. The summed E-state index contributed by atoms with van der Waals surface area (Å²) in [7, 11) is 0. The first-order chi connectivity index (χ1) is 10.8. The van der Waals surface area contributed by atoms with Crippen LogP contribution in [0.15, 0.2) is 60.7 Å². The first-order valence-corrected chi connectivity index (χ1v) is 8.20. The highest BCUT2D eigenvalue weighted by Gasteiger charge is 2.45. The van der Waals surface area contributed by atoms with Crippen LogP contribution in [0.2, 0.25) is 0 Å². The Morgan fingerprint density at radius 2 is 1.45 bits per heavy atom. The number of hydrogen-bond acceptors (Lipinski definition) is 1. The molecule has 4 rings (SSSR count). The van der Waals surface area contributed by atoms with E-state index >= 15 is 0 Å². The van der Waals surface area contributed by atoms with Gasteiger partial charge >= 0.3 is 0 Å². The zero-order valence-corrected chi connectivity index (χ0v) is 12.6. The molecule has 2 aromatic carbocycles. The lowest BCUT2D eigenvalue weighted by atomic mass is 10.1. The lowest BCUT2D eigenvalue weighted by molar-refractivity contribution is -0.122. The zero-order valence-electron chi connectivity index (χ0n) is 12.6. The molecule has 22 heavy (non-hydrogen) atoms. The van der Waals surface area contributed by atoms with Crippen molar-refractivity contribution >= 4 is 5.91 Å². The van der Waals surface area contributed by atoms with E-state index in [0.717, 1.165) is 13.0 Å². The van der Waals surface area contributed by atoms with Crippen LogP contribution < -0.4 is 5.32 Å². The Hall–Kier alpha value is -2.09. The van der Waals surface area contributed by atoms with Crippen molar-refractivity contribution in [3.63, 3.8) is 0 Å². The lowest BCUT2D eigenvalue weighted by Crippen LogP contribution is -2.27. The van der Waals surface area contributed by atoms with Gasteiger partial charge in [-0.3, -0.25) is 4.79 Å². The van der Waals surface area contributed by atoms with E-state index in [1.165, 1.54) is 17.5 Å². The van der Waals surface area contributed by atoms with E-state index in [9.17, 15) is 4.79 Å². The van der Waals surface area contributed by atoms with Gasteiger partial charge in [-0.25, -0.2) is 0 Å². The molecule has 1 amide bonds. The topological polar surface area (TPSA) is 29.1 Å². The Labute approximate surface area is 131 Å². The normalized spacial score (nSPS) is 28.9. The molecule has 2 aliphatic carbocycles. The van der Waals surface area contributed by atoms with Gasteiger partial charge in [-0.05, 0) is 41.7 Å². The molecule has 2 fully saturated rings. The summed E-state index contributed by atoms with van der Waals surface area (Å²) in [6.45, 7) is 0.830. The maximum absolute atomic E-state index is 12.3. The van der Waals surface area contributed by atoms with Crippen LogP contribution in [0.25, 0.3) is 0 Å². The van der Waals surface area contributed by atoms with E-state index in [1.807, 2.05) is 6.07 Å². The molecule has 2 aromatic rings. The highest BCUT2D eigenvalue weighted by Crippen LogP contribution is 2.49. The number of benzene rings is 2. The third-order valence-corrected chi connectivity index (χ3v) is 5.04. The molecule has 2 saturated carbocycles. The summed E-state index contributed by atoms with van der Waals surface area (Å²) in [6.07, 6.45) is 2.21. The van der Waals surface area contributed by atoms with Gasteiger partial charge in [0.15, 0.2) is 0 Å². The molecule has 0 spiro atoms. The van der Waals surface area contributed by atoms with Gasteiger partial charge in [0.2, 0.25) is 5.91 Å². The Morgan fingerprint density at radius 1 is 0.864 bits per heavy atom. The smallest absolute Gasteiger partial charge is 0.223 e. The summed E-state index contributed by atoms with van der Waals surface area (Å²) in [5.74, 6) is 2.14. The number of hydrogen-bond donors (Lipinski definition) is 1. The number of rotatable bonds is 5. The minimum absolute atomic E-state index is 0.191. The highest BCUT2D eigenvalue weighted by atomic mass is 16.2. The predicted molar refractivity (Wildman–Crippen MR) is 87.6 cm³/mol. The molecule has 2 nitrogen and oxygen atoms in total. The minimum atomic E-state index is 0.191. The SMILES string of the molecule is O=C(NCC1CC1c1ccccc1)C1CC1c1ccccc1. The summed E-state index contributed by atoms with van der Waals surface area (Å²) < 4.78 is 0. The molecule has 4 atom stereocenters. The Morgan fingerprint density at radius 3 is 2.09 bits per heavy atom. The van der Waals surface area contributed by atoms with Crippen molar-refractivity contribution in [3.8, 4) is 0 Å². The van der Waals surface area contributed by atoms with Gasteiger partial charge < -0.3 is 5.32 Å². The molecule has 1 N–H and O–H groups in total. The second-order valence-electron chi connectivity index (χ2n) is 6.62. The summed E-state index contributed by atoms with van der Waals surface area (Å²) in [6, 6.07) is 21.0. The first-order valence-electron chi connectivity index (χ1n) is 8.20. The van der Waals surface area contributed by atoms with E-state index in [2.05, 4.69) is 59.9 Å². The van der Waals surface area contributed by atoms with Gasteiger partial charge in [-0.1, -0.05) is 60.7 Å². The average Bonchev–Trinajstić information content (AvgIpc) is 3.48. The molecule has 4 unspecified atom stereocenters. The van der Waals surface area contributed by atoms with Crippen LogP contribution in [0, 0.1) is 11.8 Å². The van der Waals surface area contributed by atoms with Crippen LogP contribution in [0.1, 0.15) is 35.8 Å². The number of carbonyl (C=O) groups is 1. The van der Waals surface area contributed by atoms with E-state index < -0.39 is 0 Å². The van der Waals surface area contributed by atoms with Gasteiger partial charge in [-0.15, -0.1) is 0 Å². The number of carbonyl (C=O) groups excluding carboxylic acids is 1. The van der Waals surface area contributed by atoms with Crippen molar-refractivity contribution in [2.45, 2.75) is 24.7 Å². The Bertz CT molecular complexity index is 652. The molecular formula is C20H21NO. The second kappa shape index (κ2) is 5.60. The van der Waals surface area contributed by atoms with Crippen LogP contribution in [0.3, 0.4) is 0 Å². The number of nitrogens with one attached hydrogen (secondary N) is 1. The fraction of sp³-hybridized carbons (Fsp3) is 0.350. The van der Waals surface area contributed by atoms with E-state index in [-0.39, 0.29) is 11.8 Å². The van der Waals surface area contributed by atoms with Crippen molar-refractivity contribution in [1.82, 2.24) is 5.32 Å². The largest absolute Gasteiger partial charge is 0.356 e. The molecule has 0 heterocycles. The van der Waals surface area contributed by atoms with Crippen molar-refractivity contribution in [1.29, 1.82) is 0 Å². The van der Waals surface area contributed by atoms with E-state index in [4.69, 9.17) is 0 Å². The fourth-order valence-corrected chi connectivity index (χ4v) is 3.50. The standard InChI is InChI=1S/C20H21NO/c22-20(19-12-18(19)15-9-5-2-6-10-15)21-13-16-11-17(16)14-7-3-1-4-8-14/h1-10,16-19H,11-13H2,(H,21,22). The van der Waals surface area contributed by atoms with Crippen LogP contribution in [-0.2, 0) is 4.79 Å². The number of amides is 1. The molecule has 0 radical (unpaired) electrons. The molecule has 2 aliphatic rings. The van der Waals surface area contributed by atoms with Gasteiger partial charge in [0, 0.05) is 12.5 Å². The van der Waals surface area contributed by atoms with E-state index in [1.54, 1.807) is 0 Å². The van der Waals surface area contributed by atoms with E-state index in [0.29, 0.717) is 17.8 Å². The molecule has 112 valence electrons. The molecule has 0 aliphatic heterocycles. The summed E-state index contributed by atoms with van der Waals surface area (Å²) in [5, 5.41) is 3.17. The maximum atomic E-state index is 12.3. The molecule has 0 bridgehead atoms. The Balaban J connectivity index is 1.25. The summed E-state index contributed by atoms with van der Waals surface area (Å²) in [5.41, 5.74) is 2.71.